The summed E-state index contributed by atoms with van der Waals surface area (Å²) < 4.78 is 0. The number of carbonyl (C=O) groups is 3. The molecule has 1 heterocycles. The van der Waals surface area contributed by atoms with Gasteiger partial charge in [0.25, 0.3) is 0 Å². The SMILES string of the molecule is NC(=O)c1ccc(C[CH]C(=O)NCCCN2CCCC2=O)cc1. The molecule has 2 rings (SSSR count). The number of amides is 3. The van der Waals surface area contributed by atoms with Crippen LogP contribution in [0.15, 0.2) is 24.3 Å². The van der Waals surface area contributed by atoms with Crippen molar-refractivity contribution in [2.45, 2.75) is 25.7 Å². The number of rotatable bonds is 8. The van der Waals surface area contributed by atoms with E-state index in [4.69, 9.17) is 5.73 Å². The van der Waals surface area contributed by atoms with E-state index in [1.807, 2.05) is 4.90 Å². The largest absolute Gasteiger partial charge is 0.366 e. The van der Waals surface area contributed by atoms with Crippen LogP contribution >= 0.6 is 0 Å². The van der Waals surface area contributed by atoms with Crippen molar-refractivity contribution in [3.8, 4) is 0 Å². The Hall–Kier alpha value is -2.37. The van der Waals surface area contributed by atoms with Crippen LogP contribution in [0, 0.1) is 6.42 Å². The molecule has 1 aliphatic heterocycles. The predicted octanol–water partition coefficient (Wildman–Crippen LogP) is 0.661. The van der Waals surface area contributed by atoms with Crippen LogP contribution in [0.25, 0.3) is 0 Å². The Balaban J connectivity index is 1.61. The van der Waals surface area contributed by atoms with Crippen molar-refractivity contribution >= 4 is 17.7 Å². The number of nitrogens with zero attached hydrogens (tertiary/aromatic N) is 1. The number of likely N-dealkylation sites (tertiary alicyclic amines) is 1. The summed E-state index contributed by atoms with van der Waals surface area (Å²) >= 11 is 0. The van der Waals surface area contributed by atoms with Gasteiger partial charge in [-0.2, -0.15) is 0 Å². The van der Waals surface area contributed by atoms with Crippen molar-refractivity contribution in [1.29, 1.82) is 0 Å². The molecule has 0 aromatic heterocycles. The van der Waals surface area contributed by atoms with Gasteiger partial charge in [-0.1, -0.05) is 12.1 Å². The number of carbonyl (C=O) groups excluding carboxylic acids is 3. The fourth-order valence-corrected chi connectivity index (χ4v) is 2.51. The molecule has 1 radical (unpaired) electrons. The molecule has 1 saturated heterocycles. The third-order valence-electron chi connectivity index (χ3n) is 3.84. The molecule has 0 saturated carbocycles. The summed E-state index contributed by atoms with van der Waals surface area (Å²) in [5.41, 5.74) is 6.56. The molecule has 1 fully saturated rings. The molecule has 1 aliphatic rings. The Labute approximate surface area is 136 Å². The van der Waals surface area contributed by atoms with Crippen LogP contribution in [-0.4, -0.2) is 42.3 Å². The van der Waals surface area contributed by atoms with E-state index in [0.717, 1.165) is 24.9 Å². The molecule has 23 heavy (non-hydrogen) atoms. The molecule has 0 spiro atoms. The minimum atomic E-state index is -0.463. The maximum absolute atomic E-state index is 11.7. The molecule has 6 nitrogen and oxygen atoms in total. The average molecular weight is 316 g/mol. The lowest BCUT2D eigenvalue weighted by atomic mass is 10.1. The summed E-state index contributed by atoms with van der Waals surface area (Å²) in [6, 6.07) is 6.86. The minimum Gasteiger partial charge on any atom is -0.366 e. The lowest BCUT2D eigenvalue weighted by Gasteiger charge is -2.15. The predicted molar refractivity (Wildman–Crippen MR) is 86.4 cm³/mol. The van der Waals surface area contributed by atoms with E-state index in [1.165, 1.54) is 0 Å². The highest BCUT2D eigenvalue weighted by atomic mass is 16.2. The van der Waals surface area contributed by atoms with Gasteiger partial charge in [0.15, 0.2) is 0 Å². The highest BCUT2D eigenvalue weighted by Gasteiger charge is 2.18. The van der Waals surface area contributed by atoms with Gasteiger partial charge >= 0.3 is 0 Å². The van der Waals surface area contributed by atoms with Crippen LogP contribution < -0.4 is 11.1 Å². The molecule has 0 aliphatic carbocycles. The van der Waals surface area contributed by atoms with Gasteiger partial charge < -0.3 is 16.0 Å². The van der Waals surface area contributed by atoms with Gasteiger partial charge in [0, 0.05) is 31.6 Å². The molecule has 123 valence electrons. The third kappa shape index (κ3) is 5.39. The van der Waals surface area contributed by atoms with Crippen LogP contribution in [0.1, 0.15) is 35.2 Å². The van der Waals surface area contributed by atoms with Crippen molar-refractivity contribution in [1.82, 2.24) is 10.2 Å². The van der Waals surface area contributed by atoms with Gasteiger partial charge in [-0.05, 0) is 37.0 Å². The summed E-state index contributed by atoms with van der Waals surface area (Å²) in [6.07, 6.45) is 4.41. The maximum atomic E-state index is 11.7. The second-order valence-electron chi connectivity index (χ2n) is 5.60. The second kappa shape index (κ2) is 8.31. The van der Waals surface area contributed by atoms with Crippen molar-refractivity contribution in [3.63, 3.8) is 0 Å². The van der Waals surface area contributed by atoms with Gasteiger partial charge in [0.05, 0.1) is 6.42 Å². The number of primary amides is 1. The van der Waals surface area contributed by atoms with Gasteiger partial charge in [-0.3, -0.25) is 14.4 Å². The van der Waals surface area contributed by atoms with E-state index in [2.05, 4.69) is 5.32 Å². The van der Waals surface area contributed by atoms with Gasteiger partial charge in [0.2, 0.25) is 17.7 Å². The van der Waals surface area contributed by atoms with Gasteiger partial charge in [-0.15, -0.1) is 0 Å². The fourth-order valence-electron chi connectivity index (χ4n) is 2.51. The Morgan fingerprint density at radius 2 is 2.00 bits per heavy atom. The van der Waals surface area contributed by atoms with E-state index in [9.17, 15) is 14.4 Å². The maximum Gasteiger partial charge on any atom is 0.248 e. The molecule has 1 aromatic rings. The van der Waals surface area contributed by atoms with E-state index < -0.39 is 5.91 Å². The zero-order valence-electron chi connectivity index (χ0n) is 13.1. The van der Waals surface area contributed by atoms with Crippen LogP contribution in [-0.2, 0) is 16.0 Å². The highest BCUT2D eigenvalue weighted by molar-refractivity contribution is 5.92. The fraction of sp³-hybridized carbons (Fsp3) is 0.412. The third-order valence-corrected chi connectivity index (χ3v) is 3.84. The zero-order valence-corrected chi connectivity index (χ0v) is 13.1. The lowest BCUT2D eigenvalue weighted by molar-refractivity contribution is -0.127. The van der Waals surface area contributed by atoms with Crippen LogP contribution in [0.2, 0.25) is 0 Å². The standard InChI is InChI=1S/C17H22N3O3/c18-17(23)14-7-4-13(5-8-14)6-9-15(21)19-10-2-12-20-11-1-3-16(20)22/h4-5,7-9H,1-3,6,10-12H2,(H2,18,23)(H,19,21). The van der Waals surface area contributed by atoms with E-state index in [0.29, 0.717) is 31.5 Å². The first-order valence-electron chi connectivity index (χ1n) is 7.84. The Morgan fingerprint density at radius 1 is 1.26 bits per heavy atom. The molecule has 6 heteroatoms. The Kier molecular flexibility index (Phi) is 6.14. The van der Waals surface area contributed by atoms with E-state index in [1.54, 1.807) is 30.7 Å². The van der Waals surface area contributed by atoms with Gasteiger partial charge in [-0.25, -0.2) is 0 Å². The van der Waals surface area contributed by atoms with Crippen molar-refractivity contribution in [2.75, 3.05) is 19.6 Å². The number of hydrogen-bond donors (Lipinski definition) is 2. The molecule has 3 N–H and O–H groups in total. The Bertz CT molecular complexity index is 569. The molecule has 0 atom stereocenters. The smallest absolute Gasteiger partial charge is 0.248 e. The van der Waals surface area contributed by atoms with Crippen LogP contribution in [0.5, 0.6) is 0 Å². The summed E-state index contributed by atoms with van der Waals surface area (Å²) in [7, 11) is 0. The summed E-state index contributed by atoms with van der Waals surface area (Å²) in [4.78, 5) is 36.0. The molecule has 0 unspecified atom stereocenters. The second-order valence-corrected chi connectivity index (χ2v) is 5.60. The summed E-state index contributed by atoms with van der Waals surface area (Å²) in [5.74, 6) is -0.381. The first-order chi connectivity index (χ1) is 11.1. The normalized spacial score (nSPS) is 14.1. The van der Waals surface area contributed by atoms with E-state index >= 15 is 0 Å². The van der Waals surface area contributed by atoms with E-state index in [-0.39, 0.29) is 11.8 Å². The quantitative estimate of drug-likeness (QED) is 0.690. The molecular formula is C17H22N3O3. The van der Waals surface area contributed by atoms with Crippen LogP contribution in [0.3, 0.4) is 0 Å². The topological polar surface area (TPSA) is 92.5 Å². The number of nitrogens with one attached hydrogen (secondary N) is 1. The average Bonchev–Trinajstić information content (AvgIpc) is 2.95. The zero-order chi connectivity index (χ0) is 16.7. The minimum absolute atomic E-state index is 0.128. The number of hydrogen-bond acceptors (Lipinski definition) is 3. The summed E-state index contributed by atoms with van der Waals surface area (Å²) in [6.45, 7) is 2.09. The number of benzene rings is 1. The van der Waals surface area contributed by atoms with Crippen molar-refractivity contribution in [2.24, 2.45) is 5.73 Å². The molecular weight excluding hydrogens is 294 g/mol. The number of nitrogens with two attached hydrogens (primary N) is 1. The highest BCUT2D eigenvalue weighted by Crippen LogP contribution is 2.09. The molecule has 0 bridgehead atoms. The van der Waals surface area contributed by atoms with Crippen molar-refractivity contribution < 1.29 is 14.4 Å². The summed E-state index contributed by atoms with van der Waals surface area (Å²) in [5, 5.41) is 2.81. The monoisotopic (exact) mass is 316 g/mol. The molecule has 3 amide bonds. The Morgan fingerprint density at radius 3 is 2.61 bits per heavy atom. The van der Waals surface area contributed by atoms with Crippen molar-refractivity contribution in [3.05, 3.63) is 41.8 Å². The molecule has 1 aromatic carbocycles. The van der Waals surface area contributed by atoms with Gasteiger partial charge in [0.1, 0.15) is 0 Å². The first-order valence-corrected chi connectivity index (χ1v) is 7.84. The van der Waals surface area contributed by atoms with Crippen LogP contribution in [0.4, 0.5) is 0 Å². The first kappa shape index (κ1) is 17.0. The lowest BCUT2D eigenvalue weighted by Crippen LogP contribution is -2.30.